The highest BCUT2D eigenvalue weighted by Crippen LogP contribution is 2.24. The summed E-state index contributed by atoms with van der Waals surface area (Å²) in [6.07, 6.45) is 4.27. The Morgan fingerprint density at radius 3 is 2.31 bits per heavy atom. The number of anilines is 1. The van der Waals surface area contributed by atoms with E-state index in [4.69, 9.17) is 11.6 Å². The van der Waals surface area contributed by atoms with Crippen LogP contribution in [0.4, 0.5) is 5.69 Å². The van der Waals surface area contributed by atoms with Crippen LogP contribution in [0.1, 0.15) is 39.5 Å². The van der Waals surface area contributed by atoms with E-state index in [0.29, 0.717) is 23.2 Å². The van der Waals surface area contributed by atoms with E-state index in [1.807, 2.05) is 0 Å². The van der Waals surface area contributed by atoms with Gasteiger partial charge in [0.1, 0.15) is 6.54 Å². The number of rotatable bonds is 11. The first-order chi connectivity index (χ1) is 13.9. The molecule has 0 saturated carbocycles. The third-order valence-electron chi connectivity index (χ3n) is 4.86. The molecule has 0 fully saturated rings. The molecule has 0 aliphatic heterocycles. The fraction of sp³-hybridized carbons (Fsp3) is 0.409. The second-order valence-electron chi connectivity index (χ2n) is 7.02. The molecule has 0 aliphatic carbocycles. The third kappa shape index (κ3) is 6.75. The maximum Gasteiger partial charge on any atom is 0.264 e. The topological polar surface area (TPSA) is 66.5 Å². The van der Waals surface area contributed by atoms with Crippen molar-refractivity contribution in [3.8, 4) is 0 Å². The molecule has 0 radical (unpaired) electrons. The van der Waals surface area contributed by atoms with Crippen LogP contribution in [0.3, 0.4) is 0 Å². The third-order valence-corrected chi connectivity index (χ3v) is 6.90. The Bertz CT molecular complexity index is 871. The molecule has 0 heterocycles. The number of benzene rings is 2. The Morgan fingerprint density at radius 2 is 1.72 bits per heavy atom. The highest BCUT2D eigenvalue weighted by molar-refractivity contribution is 7.92. The molecule has 0 spiro atoms. The zero-order chi connectivity index (χ0) is 21.3. The summed E-state index contributed by atoms with van der Waals surface area (Å²) in [5.74, 6) is 0.0817. The molecule has 2 aromatic carbocycles. The first kappa shape index (κ1) is 23.2. The lowest BCUT2D eigenvalue weighted by molar-refractivity contribution is -0.119. The van der Waals surface area contributed by atoms with Gasteiger partial charge in [0.2, 0.25) is 5.91 Å². The van der Waals surface area contributed by atoms with Crippen LogP contribution in [0, 0.1) is 5.92 Å². The van der Waals surface area contributed by atoms with E-state index in [-0.39, 0.29) is 17.3 Å². The molecule has 7 heteroatoms. The minimum absolute atomic E-state index is 0.0907. The van der Waals surface area contributed by atoms with Gasteiger partial charge in [-0.15, -0.1) is 0 Å². The maximum atomic E-state index is 13.2. The van der Waals surface area contributed by atoms with Gasteiger partial charge in [-0.25, -0.2) is 8.42 Å². The van der Waals surface area contributed by atoms with Gasteiger partial charge in [-0.2, -0.15) is 0 Å². The van der Waals surface area contributed by atoms with E-state index in [2.05, 4.69) is 19.2 Å². The molecular weight excluding hydrogens is 408 g/mol. The summed E-state index contributed by atoms with van der Waals surface area (Å²) >= 11 is 5.89. The number of hydrogen-bond donors (Lipinski definition) is 1. The summed E-state index contributed by atoms with van der Waals surface area (Å²) in [5.41, 5.74) is 0.440. The van der Waals surface area contributed by atoms with Gasteiger partial charge in [0.25, 0.3) is 10.0 Å². The van der Waals surface area contributed by atoms with Crippen molar-refractivity contribution >= 4 is 33.2 Å². The molecule has 29 heavy (non-hydrogen) atoms. The number of halogens is 1. The number of para-hydroxylation sites is 1. The molecule has 158 valence electrons. The van der Waals surface area contributed by atoms with Gasteiger partial charge in [-0.05, 0) is 48.7 Å². The number of nitrogens with zero attached hydrogens (tertiary/aromatic N) is 1. The van der Waals surface area contributed by atoms with Crippen molar-refractivity contribution in [3.05, 3.63) is 59.6 Å². The molecule has 1 unspecified atom stereocenters. The Kier molecular flexibility index (Phi) is 8.99. The summed E-state index contributed by atoms with van der Waals surface area (Å²) in [4.78, 5) is 12.7. The molecule has 2 aromatic rings. The van der Waals surface area contributed by atoms with Gasteiger partial charge in [0, 0.05) is 11.6 Å². The number of hydrogen-bond acceptors (Lipinski definition) is 3. The number of unbranched alkanes of at least 4 members (excludes halogenated alkanes) is 1. The zero-order valence-corrected chi connectivity index (χ0v) is 18.5. The van der Waals surface area contributed by atoms with Gasteiger partial charge in [-0.1, -0.05) is 62.9 Å². The largest absolute Gasteiger partial charge is 0.354 e. The Balaban J connectivity index is 2.19. The number of nitrogens with one attached hydrogen (secondary N) is 1. The van der Waals surface area contributed by atoms with Crippen molar-refractivity contribution in [1.29, 1.82) is 0 Å². The van der Waals surface area contributed by atoms with Gasteiger partial charge >= 0.3 is 0 Å². The van der Waals surface area contributed by atoms with Crippen molar-refractivity contribution in [3.63, 3.8) is 0 Å². The quantitative estimate of drug-likeness (QED) is 0.546. The number of carbonyl (C=O) groups is 1. The molecule has 0 aliphatic rings. The van der Waals surface area contributed by atoms with Crippen molar-refractivity contribution in [2.45, 2.75) is 44.4 Å². The molecule has 2 rings (SSSR count). The molecule has 5 nitrogen and oxygen atoms in total. The second-order valence-corrected chi connectivity index (χ2v) is 9.32. The zero-order valence-electron chi connectivity index (χ0n) is 17.0. The molecule has 1 amide bonds. The number of carbonyl (C=O) groups excluding carboxylic acids is 1. The monoisotopic (exact) mass is 436 g/mol. The Hall–Kier alpha value is -2.05. The van der Waals surface area contributed by atoms with E-state index in [9.17, 15) is 13.2 Å². The highest BCUT2D eigenvalue weighted by Gasteiger charge is 2.27. The fourth-order valence-corrected chi connectivity index (χ4v) is 4.58. The summed E-state index contributed by atoms with van der Waals surface area (Å²) in [5, 5.41) is 3.36. The number of sulfonamides is 1. The van der Waals surface area contributed by atoms with Gasteiger partial charge in [0.05, 0.1) is 10.6 Å². The van der Waals surface area contributed by atoms with E-state index in [1.54, 1.807) is 30.3 Å². The molecule has 0 saturated heterocycles. The maximum absolute atomic E-state index is 13.2. The van der Waals surface area contributed by atoms with Crippen molar-refractivity contribution in [1.82, 2.24) is 5.32 Å². The van der Waals surface area contributed by atoms with Gasteiger partial charge in [-0.3, -0.25) is 9.10 Å². The molecule has 1 atom stereocenters. The number of amides is 1. The van der Waals surface area contributed by atoms with E-state index >= 15 is 0 Å². The lowest BCUT2D eigenvalue weighted by Gasteiger charge is -2.24. The van der Waals surface area contributed by atoms with Crippen LogP contribution in [-0.4, -0.2) is 27.4 Å². The van der Waals surface area contributed by atoms with Crippen LogP contribution >= 0.6 is 11.6 Å². The summed E-state index contributed by atoms with van der Waals surface area (Å²) < 4.78 is 27.6. The van der Waals surface area contributed by atoms with Crippen LogP contribution in [0.25, 0.3) is 0 Å². The molecule has 0 bridgehead atoms. The normalized spacial score (nSPS) is 12.4. The van der Waals surface area contributed by atoms with E-state index in [1.165, 1.54) is 24.3 Å². The minimum atomic E-state index is -3.91. The molecule has 0 aromatic heterocycles. The Labute approximate surface area is 179 Å². The molecular formula is C22H29ClN2O3S. The van der Waals surface area contributed by atoms with Crippen molar-refractivity contribution in [2.75, 3.05) is 17.4 Å². The lowest BCUT2D eigenvalue weighted by atomic mass is 9.99. The van der Waals surface area contributed by atoms with Gasteiger partial charge in [0.15, 0.2) is 0 Å². The smallest absolute Gasteiger partial charge is 0.264 e. The Morgan fingerprint density at radius 1 is 1.07 bits per heavy atom. The molecule has 1 N–H and O–H groups in total. The SMILES string of the molecule is CCCCC(CC)CNC(=O)CN(c1ccccc1)S(=O)(=O)c1ccc(Cl)cc1. The average molecular weight is 437 g/mol. The average Bonchev–Trinajstić information content (AvgIpc) is 2.73. The summed E-state index contributed by atoms with van der Waals surface area (Å²) in [6, 6.07) is 14.6. The van der Waals surface area contributed by atoms with Crippen LogP contribution in [0.2, 0.25) is 5.02 Å². The fourth-order valence-electron chi connectivity index (χ4n) is 3.03. The predicted octanol–water partition coefficient (Wildman–Crippen LogP) is 4.87. The first-order valence-corrected chi connectivity index (χ1v) is 11.8. The highest BCUT2D eigenvalue weighted by atomic mass is 35.5. The van der Waals surface area contributed by atoms with Crippen LogP contribution in [0.5, 0.6) is 0 Å². The van der Waals surface area contributed by atoms with E-state index in [0.717, 1.165) is 30.0 Å². The lowest BCUT2D eigenvalue weighted by Crippen LogP contribution is -2.42. The van der Waals surface area contributed by atoms with Crippen LogP contribution < -0.4 is 9.62 Å². The van der Waals surface area contributed by atoms with Crippen LogP contribution in [0.15, 0.2) is 59.5 Å². The minimum Gasteiger partial charge on any atom is -0.354 e. The second kappa shape index (κ2) is 11.2. The summed E-state index contributed by atoms with van der Waals surface area (Å²) in [6.45, 7) is 4.52. The van der Waals surface area contributed by atoms with Crippen molar-refractivity contribution in [2.24, 2.45) is 5.92 Å². The van der Waals surface area contributed by atoms with Crippen LogP contribution in [-0.2, 0) is 14.8 Å². The first-order valence-electron chi connectivity index (χ1n) is 9.98. The standard InChI is InChI=1S/C22H29ClN2O3S/c1-3-5-9-18(4-2)16-24-22(26)17-25(20-10-7-6-8-11-20)29(27,28)21-14-12-19(23)13-15-21/h6-8,10-15,18H,3-5,9,16-17H2,1-2H3,(H,24,26). The van der Waals surface area contributed by atoms with Gasteiger partial charge < -0.3 is 5.32 Å². The predicted molar refractivity (Wildman–Crippen MR) is 119 cm³/mol. The van der Waals surface area contributed by atoms with E-state index < -0.39 is 10.0 Å². The van der Waals surface area contributed by atoms with Crippen molar-refractivity contribution < 1.29 is 13.2 Å². The summed E-state index contributed by atoms with van der Waals surface area (Å²) in [7, 11) is -3.91.